The van der Waals surface area contributed by atoms with E-state index in [4.69, 9.17) is 0 Å². The first kappa shape index (κ1) is 16.3. The molecule has 2 atom stereocenters. The van der Waals surface area contributed by atoms with Crippen LogP contribution >= 0.6 is 11.8 Å². The standard InChI is InChI=1S/C16H22FNO2S/c17-14-4-6-15(7-5-14)21-9-8-16(20)18-10-12-2-1-3-13(12)11-19/h4-7,12-13,19H,1-3,8-11H2,(H,18,20). The van der Waals surface area contributed by atoms with Crippen molar-refractivity contribution in [3.8, 4) is 0 Å². The second-order valence-electron chi connectivity index (χ2n) is 5.49. The zero-order valence-corrected chi connectivity index (χ0v) is 12.9. The van der Waals surface area contributed by atoms with Crippen LogP contribution in [-0.2, 0) is 4.79 Å². The molecule has 2 rings (SSSR count). The van der Waals surface area contributed by atoms with Gasteiger partial charge in [0, 0.05) is 30.2 Å². The number of carbonyl (C=O) groups is 1. The van der Waals surface area contributed by atoms with Crippen molar-refractivity contribution < 1.29 is 14.3 Å². The monoisotopic (exact) mass is 311 g/mol. The van der Waals surface area contributed by atoms with Crippen LogP contribution < -0.4 is 5.32 Å². The fourth-order valence-corrected chi connectivity index (χ4v) is 3.60. The number of hydrogen-bond donors (Lipinski definition) is 2. The van der Waals surface area contributed by atoms with Gasteiger partial charge in [0.05, 0.1) is 0 Å². The van der Waals surface area contributed by atoms with E-state index in [1.54, 1.807) is 23.9 Å². The molecular formula is C16H22FNO2S. The molecule has 2 N–H and O–H groups in total. The van der Waals surface area contributed by atoms with Crippen LogP contribution in [-0.4, -0.2) is 29.9 Å². The molecular weight excluding hydrogens is 289 g/mol. The third-order valence-corrected chi connectivity index (χ3v) is 5.04. The molecule has 1 fully saturated rings. The lowest BCUT2D eigenvalue weighted by Crippen LogP contribution is -2.31. The Labute approximate surface area is 129 Å². The van der Waals surface area contributed by atoms with Gasteiger partial charge >= 0.3 is 0 Å². The Bertz CT molecular complexity index is 452. The first-order valence-electron chi connectivity index (χ1n) is 7.45. The van der Waals surface area contributed by atoms with Gasteiger partial charge in [0.25, 0.3) is 0 Å². The van der Waals surface area contributed by atoms with E-state index in [1.807, 2.05) is 0 Å². The number of nitrogens with one attached hydrogen (secondary N) is 1. The molecule has 0 bridgehead atoms. The van der Waals surface area contributed by atoms with Crippen molar-refractivity contribution >= 4 is 17.7 Å². The summed E-state index contributed by atoms with van der Waals surface area (Å²) >= 11 is 1.55. The minimum Gasteiger partial charge on any atom is -0.396 e. The number of rotatable bonds is 7. The van der Waals surface area contributed by atoms with Crippen molar-refractivity contribution in [3.05, 3.63) is 30.1 Å². The van der Waals surface area contributed by atoms with Crippen LogP contribution in [0.5, 0.6) is 0 Å². The molecule has 0 aromatic heterocycles. The van der Waals surface area contributed by atoms with Gasteiger partial charge in [0.15, 0.2) is 0 Å². The highest BCUT2D eigenvalue weighted by Gasteiger charge is 2.26. The molecule has 3 nitrogen and oxygen atoms in total. The second-order valence-corrected chi connectivity index (χ2v) is 6.66. The quantitative estimate of drug-likeness (QED) is 0.761. The molecule has 21 heavy (non-hydrogen) atoms. The lowest BCUT2D eigenvalue weighted by atomic mass is 9.97. The Balaban J connectivity index is 1.62. The highest BCUT2D eigenvalue weighted by atomic mass is 32.2. The van der Waals surface area contributed by atoms with Crippen LogP contribution in [0, 0.1) is 17.7 Å². The smallest absolute Gasteiger partial charge is 0.220 e. The Hall–Kier alpha value is -1.07. The van der Waals surface area contributed by atoms with Gasteiger partial charge in [0.2, 0.25) is 5.91 Å². The number of benzene rings is 1. The van der Waals surface area contributed by atoms with E-state index in [2.05, 4.69) is 5.32 Å². The van der Waals surface area contributed by atoms with Gasteiger partial charge in [0.1, 0.15) is 5.82 Å². The molecule has 1 aliphatic rings. The molecule has 1 saturated carbocycles. The van der Waals surface area contributed by atoms with E-state index >= 15 is 0 Å². The first-order chi connectivity index (χ1) is 10.2. The van der Waals surface area contributed by atoms with Crippen LogP contribution in [0.1, 0.15) is 25.7 Å². The summed E-state index contributed by atoms with van der Waals surface area (Å²) in [5.74, 6) is 1.26. The predicted octanol–water partition coefficient (Wildman–Crippen LogP) is 2.83. The predicted molar refractivity (Wildman–Crippen MR) is 82.7 cm³/mol. The summed E-state index contributed by atoms with van der Waals surface area (Å²) in [6.45, 7) is 0.895. The lowest BCUT2D eigenvalue weighted by molar-refractivity contribution is -0.120. The maximum atomic E-state index is 12.8. The average Bonchev–Trinajstić information content (AvgIpc) is 2.95. The molecule has 0 saturated heterocycles. The van der Waals surface area contributed by atoms with Crippen molar-refractivity contribution in [1.82, 2.24) is 5.32 Å². The Morgan fingerprint density at radius 2 is 2.00 bits per heavy atom. The minimum absolute atomic E-state index is 0.0493. The summed E-state index contributed by atoms with van der Waals surface area (Å²) in [4.78, 5) is 12.8. The number of halogens is 1. The number of amides is 1. The molecule has 0 aliphatic heterocycles. The number of carbonyl (C=O) groups excluding carboxylic acids is 1. The molecule has 5 heteroatoms. The summed E-state index contributed by atoms with van der Waals surface area (Å²) in [7, 11) is 0. The van der Waals surface area contributed by atoms with E-state index in [1.165, 1.54) is 12.1 Å². The topological polar surface area (TPSA) is 49.3 Å². The number of hydrogen-bond acceptors (Lipinski definition) is 3. The highest BCUT2D eigenvalue weighted by molar-refractivity contribution is 7.99. The minimum atomic E-state index is -0.243. The summed E-state index contributed by atoms with van der Waals surface area (Å²) < 4.78 is 12.8. The van der Waals surface area contributed by atoms with E-state index in [0.29, 0.717) is 30.6 Å². The van der Waals surface area contributed by atoms with Crippen LogP contribution in [0.3, 0.4) is 0 Å². The lowest BCUT2D eigenvalue weighted by Gasteiger charge is -2.17. The van der Waals surface area contributed by atoms with Gasteiger partial charge in [-0.05, 0) is 48.9 Å². The van der Waals surface area contributed by atoms with Crippen molar-refractivity contribution in [2.45, 2.75) is 30.6 Å². The molecule has 0 heterocycles. The zero-order valence-electron chi connectivity index (χ0n) is 12.1. The summed E-state index contributed by atoms with van der Waals surface area (Å²) in [6.07, 6.45) is 3.76. The third kappa shape index (κ3) is 5.32. The number of aliphatic hydroxyl groups excluding tert-OH is 1. The van der Waals surface area contributed by atoms with Gasteiger partial charge in [-0.3, -0.25) is 4.79 Å². The van der Waals surface area contributed by atoms with Gasteiger partial charge in [-0.1, -0.05) is 6.42 Å². The van der Waals surface area contributed by atoms with Crippen molar-refractivity contribution in [2.24, 2.45) is 11.8 Å². The van der Waals surface area contributed by atoms with Gasteiger partial charge in [-0.25, -0.2) is 4.39 Å². The van der Waals surface area contributed by atoms with E-state index in [9.17, 15) is 14.3 Å². The van der Waals surface area contributed by atoms with E-state index in [-0.39, 0.29) is 18.3 Å². The number of aliphatic hydroxyl groups is 1. The van der Waals surface area contributed by atoms with Crippen molar-refractivity contribution in [2.75, 3.05) is 18.9 Å². The normalized spacial score (nSPS) is 21.4. The molecule has 1 aliphatic carbocycles. The third-order valence-electron chi connectivity index (χ3n) is 4.02. The SMILES string of the molecule is O=C(CCSc1ccc(F)cc1)NCC1CCCC1CO. The molecule has 2 unspecified atom stereocenters. The fourth-order valence-electron chi connectivity index (χ4n) is 2.75. The summed E-state index contributed by atoms with van der Waals surface area (Å²) in [5, 5.41) is 12.2. The molecule has 116 valence electrons. The Kier molecular flexibility index (Phi) is 6.51. The van der Waals surface area contributed by atoms with Crippen molar-refractivity contribution in [3.63, 3.8) is 0 Å². The molecule has 0 spiro atoms. The molecule has 0 radical (unpaired) electrons. The first-order valence-corrected chi connectivity index (χ1v) is 8.43. The van der Waals surface area contributed by atoms with Gasteiger partial charge in [-0.2, -0.15) is 0 Å². The highest BCUT2D eigenvalue weighted by Crippen LogP contribution is 2.30. The average molecular weight is 311 g/mol. The van der Waals surface area contributed by atoms with Crippen LogP contribution in [0.15, 0.2) is 29.2 Å². The van der Waals surface area contributed by atoms with Gasteiger partial charge in [-0.15, -0.1) is 11.8 Å². The second kappa shape index (κ2) is 8.39. The van der Waals surface area contributed by atoms with Crippen molar-refractivity contribution in [1.29, 1.82) is 0 Å². The summed E-state index contributed by atoms with van der Waals surface area (Å²) in [6, 6.07) is 6.31. The fraction of sp³-hybridized carbons (Fsp3) is 0.562. The Morgan fingerprint density at radius 1 is 1.29 bits per heavy atom. The molecule has 1 aromatic carbocycles. The Morgan fingerprint density at radius 3 is 2.71 bits per heavy atom. The summed E-state index contributed by atoms with van der Waals surface area (Å²) in [5.41, 5.74) is 0. The van der Waals surface area contributed by atoms with Crippen LogP contribution in [0.4, 0.5) is 4.39 Å². The van der Waals surface area contributed by atoms with Crippen LogP contribution in [0.25, 0.3) is 0 Å². The van der Waals surface area contributed by atoms with E-state index < -0.39 is 0 Å². The molecule has 1 amide bonds. The molecule has 1 aromatic rings. The van der Waals surface area contributed by atoms with Crippen LogP contribution in [0.2, 0.25) is 0 Å². The van der Waals surface area contributed by atoms with Gasteiger partial charge < -0.3 is 10.4 Å². The maximum Gasteiger partial charge on any atom is 0.220 e. The maximum absolute atomic E-state index is 12.8. The zero-order chi connectivity index (χ0) is 15.1. The largest absolute Gasteiger partial charge is 0.396 e. The van der Waals surface area contributed by atoms with E-state index in [0.717, 1.165) is 24.2 Å². The number of thioether (sulfide) groups is 1.